The van der Waals surface area contributed by atoms with Crippen molar-refractivity contribution in [2.45, 2.75) is 32.5 Å². The van der Waals surface area contributed by atoms with Gasteiger partial charge in [-0.2, -0.15) is 13.2 Å². The fraction of sp³-hybridized carbons (Fsp3) is 0.429. The minimum Gasteiger partial charge on any atom is -0.299 e. The second kappa shape index (κ2) is 7.20. The van der Waals surface area contributed by atoms with Crippen LogP contribution in [0.3, 0.4) is 0 Å². The van der Waals surface area contributed by atoms with E-state index < -0.39 is 11.7 Å². The summed E-state index contributed by atoms with van der Waals surface area (Å²) in [4.78, 5) is 2.45. The van der Waals surface area contributed by atoms with Gasteiger partial charge in [0.15, 0.2) is 0 Å². The Hall–Kier alpha value is -1.81. The Kier molecular flexibility index (Phi) is 5.19. The highest BCUT2D eigenvalue weighted by Crippen LogP contribution is 2.38. The summed E-state index contributed by atoms with van der Waals surface area (Å²) in [6, 6.07) is 16.1. The molecule has 4 heteroatoms. The van der Waals surface area contributed by atoms with E-state index >= 15 is 0 Å². The third-order valence-electron chi connectivity index (χ3n) is 5.19. The molecular weight excluding hydrogens is 323 g/mol. The summed E-state index contributed by atoms with van der Waals surface area (Å²) in [5.41, 5.74) is 1.75. The second-order valence-electron chi connectivity index (χ2n) is 7.28. The van der Waals surface area contributed by atoms with Crippen LogP contribution < -0.4 is 0 Å². The first-order chi connectivity index (χ1) is 11.8. The van der Waals surface area contributed by atoms with Crippen molar-refractivity contribution in [1.29, 1.82) is 0 Å². The van der Waals surface area contributed by atoms with Crippen molar-refractivity contribution in [2.75, 3.05) is 13.1 Å². The largest absolute Gasteiger partial charge is 0.416 e. The molecule has 0 bridgehead atoms. The number of piperidine rings is 1. The van der Waals surface area contributed by atoms with E-state index in [1.807, 2.05) is 6.07 Å². The summed E-state index contributed by atoms with van der Waals surface area (Å²) in [7, 11) is 0. The van der Waals surface area contributed by atoms with Crippen LogP contribution in [0.15, 0.2) is 54.6 Å². The standard InChI is InChI=1S/C21H24F3N/c1-15-12-25(14-17-6-4-3-5-7-17)13-16(2)20(15)18-8-10-19(11-9-18)21(22,23)24/h3-11,15-16,20H,12-14H2,1-2H3. The van der Waals surface area contributed by atoms with Crippen LogP contribution in [-0.4, -0.2) is 18.0 Å². The highest BCUT2D eigenvalue weighted by atomic mass is 19.4. The van der Waals surface area contributed by atoms with Crippen LogP contribution in [0.5, 0.6) is 0 Å². The lowest BCUT2D eigenvalue weighted by molar-refractivity contribution is -0.137. The maximum atomic E-state index is 12.8. The van der Waals surface area contributed by atoms with Gasteiger partial charge in [0.2, 0.25) is 0 Å². The Labute approximate surface area is 147 Å². The van der Waals surface area contributed by atoms with Crippen LogP contribution in [-0.2, 0) is 12.7 Å². The Morgan fingerprint density at radius 2 is 1.44 bits per heavy atom. The SMILES string of the molecule is CC1CN(Cc2ccccc2)CC(C)C1c1ccc(C(F)(F)F)cc1. The molecule has 0 saturated carbocycles. The van der Waals surface area contributed by atoms with Crippen molar-refractivity contribution >= 4 is 0 Å². The minimum atomic E-state index is -4.27. The quantitative estimate of drug-likeness (QED) is 0.701. The fourth-order valence-corrected chi connectivity index (χ4v) is 4.20. The summed E-state index contributed by atoms with van der Waals surface area (Å²) in [6.07, 6.45) is -4.27. The number of rotatable bonds is 3. The molecule has 3 rings (SSSR count). The Balaban J connectivity index is 1.70. The maximum absolute atomic E-state index is 12.8. The van der Waals surface area contributed by atoms with Crippen molar-refractivity contribution in [3.8, 4) is 0 Å². The molecule has 1 aliphatic rings. The third-order valence-corrected chi connectivity index (χ3v) is 5.19. The third kappa shape index (κ3) is 4.24. The molecule has 2 atom stereocenters. The van der Waals surface area contributed by atoms with E-state index in [0.717, 1.165) is 25.2 Å². The van der Waals surface area contributed by atoms with Gasteiger partial charge >= 0.3 is 6.18 Å². The van der Waals surface area contributed by atoms with Gasteiger partial charge in [-0.1, -0.05) is 56.3 Å². The predicted molar refractivity (Wildman–Crippen MR) is 94.2 cm³/mol. The zero-order valence-electron chi connectivity index (χ0n) is 14.6. The van der Waals surface area contributed by atoms with Gasteiger partial charge in [-0.3, -0.25) is 4.90 Å². The van der Waals surface area contributed by atoms with Gasteiger partial charge in [0, 0.05) is 19.6 Å². The Morgan fingerprint density at radius 3 is 1.96 bits per heavy atom. The van der Waals surface area contributed by atoms with Crippen molar-refractivity contribution < 1.29 is 13.2 Å². The van der Waals surface area contributed by atoms with E-state index in [1.165, 1.54) is 17.7 Å². The number of halogens is 3. The predicted octanol–water partition coefficient (Wildman–Crippen LogP) is 5.58. The van der Waals surface area contributed by atoms with Crippen LogP contribution in [0.1, 0.15) is 36.5 Å². The highest BCUT2D eigenvalue weighted by molar-refractivity contribution is 5.28. The first-order valence-electron chi connectivity index (χ1n) is 8.78. The van der Waals surface area contributed by atoms with Gasteiger partial charge in [0.25, 0.3) is 0 Å². The molecule has 1 heterocycles. The minimum absolute atomic E-state index is 0.300. The van der Waals surface area contributed by atoms with Crippen molar-refractivity contribution in [3.63, 3.8) is 0 Å². The van der Waals surface area contributed by atoms with E-state index in [2.05, 4.69) is 43.0 Å². The highest BCUT2D eigenvalue weighted by Gasteiger charge is 2.34. The van der Waals surface area contributed by atoms with E-state index in [9.17, 15) is 13.2 Å². The van der Waals surface area contributed by atoms with E-state index in [4.69, 9.17) is 0 Å². The molecule has 2 aromatic rings. The average molecular weight is 347 g/mol. The zero-order valence-corrected chi connectivity index (χ0v) is 14.6. The fourth-order valence-electron chi connectivity index (χ4n) is 4.20. The lowest BCUT2D eigenvalue weighted by Crippen LogP contribution is -2.42. The second-order valence-corrected chi connectivity index (χ2v) is 7.28. The number of benzene rings is 2. The van der Waals surface area contributed by atoms with E-state index in [-0.39, 0.29) is 0 Å². The number of hydrogen-bond donors (Lipinski definition) is 0. The Bertz CT molecular complexity index is 667. The molecule has 2 aromatic carbocycles. The normalized spacial score (nSPS) is 25.1. The summed E-state index contributed by atoms with van der Waals surface area (Å²) in [5, 5.41) is 0. The number of nitrogens with zero attached hydrogens (tertiary/aromatic N) is 1. The van der Waals surface area contributed by atoms with Gasteiger partial charge in [-0.25, -0.2) is 0 Å². The Morgan fingerprint density at radius 1 is 0.880 bits per heavy atom. The van der Waals surface area contributed by atoms with Gasteiger partial charge in [0.05, 0.1) is 5.56 Å². The lowest BCUT2D eigenvalue weighted by atomic mass is 9.75. The van der Waals surface area contributed by atoms with Crippen LogP contribution in [0.2, 0.25) is 0 Å². The molecule has 0 N–H and O–H groups in total. The molecule has 2 unspecified atom stereocenters. The average Bonchev–Trinajstić information content (AvgIpc) is 2.55. The van der Waals surface area contributed by atoms with Crippen molar-refractivity contribution in [2.24, 2.45) is 11.8 Å². The van der Waals surface area contributed by atoms with Gasteiger partial charge < -0.3 is 0 Å². The van der Waals surface area contributed by atoms with Crippen molar-refractivity contribution in [3.05, 3.63) is 71.3 Å². The summed E-state index contributed by atoms with van der Waals surface area (Å²) in [5.74, 6) is 1.11. The number of likely N-dealkylation sites (tertiary alicyclic amines) is 1. The molecule has 1 aliphatic heterocycles. The summed E-state index contributed by atoms with van der Waals surface area (Å²) in [6.45, 7) is 7.26. The van der Waals surface area contributed by atoms with E-state index in [0.29, 0.717) is 17.8 Å². The van der Waals surface area contributed by atoms with Crippen LogP contribution >= 0.6 is 0 Å². The molecule has 0 spiro atoms. The maximum Gasteiger partial charge on any atom is 0.416 e. The van der Waals surface area contributed by atoms with Crippen LogP contribution in [0.25, 0.3) is 0 Å². The monoisotopic (exact) mass is 347 g/mol. The van der Waals surface area contributed by atoms with Gasteiger partial charge in [0.1, 0.15) is 0 Å². The van der Waals surface area contributed by atoms with Crippen LogP contribution in [0.4, 0.5) is 13.2 Å². The molecule has 25 heavy (non-hydrogen) atoms. The molecule has 1 saturated heterocycles. The molecule has 134 valence electrons. The summed E-state index contributed by atoms with van der Waals surface area (Å²) >= 11 is 0. The van der Waals surface area contributed by atoms with Crippen molar-refractivity contribution in [1.82, 2.24) is 4.90 Å². The van der Waals surface area contributed by atoms with Gasteiger partial charge in [-0.05, 0) is 41.0 Å². The molecule has 1 fully saturated rings. The molecule has 1 nitrogen and oxygen atoms in total. The van der Waals surface area contributed by atoms with E-state index in [1.54, 1.807) is 12.1 Å². The summed E-state index contributed by atoms with van der Waals surface area (Å²) < 4.78 is 38.3. The lowest BCUT2D eigenvalue weighted by Gasteiger charge is -2.42. The molecule has 0 aromatic heterocycles. The molecule has 0 radical (unpaired) electrons. The molecule has 0 aliphatic carbocycles. The number of hydrogen-bond acceptors (Lipinski definition) is 1. The smallest absolute Gasteiger partial charge is 0.299 e. The number of alkyl halides is 3. The first kappa shape index (κ1) is 18.0. The zero-order chi connectivity index (χ0) is 18.0. The first-order valence-corrected chi connectivity index (χ1v) is 8.78. The molecular formula is C21H24F3N. The van der Waals surface area contributed by atoms with Gasteiger partial charge in [-0.15, -0.1) is 0 Å². The molecule has 0 amide bonds. The van der Waals surface area contributed by atoms with Crippen LogP contribution in [0, 0.1) is 11.8 Å². The topological polar surface area (TPSA) is 3.24 Å².